The zero-order valence-electron chi connectivity index (χ0n) is 10.8. The van der Waals surface area contributed by atoms with Gasteiger partial charge >= 0.3 is 5.97 Å². The van der Waals surface area contributed by atoms with Crippen LogP contribution in [0.2, 0.25) is 0 Å². The van der Waals surface area contributed by atoms with Crippen molar-refractivity contribution in [3.8, 4) is 0 Å². The number of aliphatic carboxylic acids is 1. The lowest BCUT2D eigenvalue weighted by atomic mass is 9.83. The van der Waals surface area contributed by atoms with Crippen molar-refractivity contribution in [3.05, 3.63) is 0 Å². The molecule has 0 bridgehead atoms. The third-order valence-electron chi connectivity index (χ3n) is 2.86. The van der Waals surface area contributed by atoms with E-state index in [9.17, 15) is 9.59 Å². The van der Waals surface area contributed by atoms with E-state index in [-0.39, 0.29) is 30.2 Å². The van der Waals surface area contributed by atoms with Crippen LogP contribution < -0.4 is 5.32 Å². The van der Waals surface area contributed by atoms with Gasteiger partial charge in [-0.1, -0.05) is 20.8 Å². The summed E-state index contributed by atoms with van der Waals surface area (Å²) in [5, 5.41) is 11.8. The van der Waals surface area contributed by atoms with Crippen LogP contribution in [0.3, 0.4) is 0 Å². The third kappa shape index (κ3) is 5.14. The molecule has 0 rings (SSSR count). The number of rotatable bonds is 6. The summed E-state index contributed by atoms with van der Waals surface area (Å²) in [6.07, 6.45) is 0.0624. The summed E-state index contributed by atoms with van der Waals surface area (Å²) in [7, 11) is 0. The quantitative estimate of drug-likeness (QED) is 0.731. The molecular weight excluding hydrogens is 206 g/mol. The van der Waals surface area contributed by atoms with Crippen molar-refractivity contribution in [1.29, 1.82) is 0 Å². The zero-order chi connectivity index (χ0) is 12.9. The second-order valence-electron chi connectivity index (χ2n) is 4.97. The highest BCUT2D eigenvalue weighted by molar-refractivity contribution is 5.82. The Bertz CT molecular complexity index is 249. The van der Waals surface area contributed by atoms with Gasteiger partial charge < -0.3 is 10.4 Å². The van der Waals surface area contributed by atoms with E-state index < -0.39 is 11.9 Å². The molecular formula is C12H23NO3. The number of hydrogen-bond acceptors (Lipinski definition) is 2. The molecule has 0 fully saturated rings. The van der Waals surface area contributed by atoms with E-state index in [1.54, 1.807) is 0 Å². The molecule has 16 heavy (non-hydrogen) atoms. The van der Waals surface area contributed by atoms with Crippen LogP contribution in [0.1, 0.15) is 41.0 Å². The van der Waals surface area contributed by atoms with E-state index in [0.29, 0.717) is 0 Å². The lowest BCUT2D eigenvalue weighted by Gasteiger charge is -2.23. The summed E-state index contributed by atoms with van der Waals surface area (Å²) < 4.78 is 0. The lowest BCUT2D eigenvalue weighted by molar-refractivity contribution is -0.146. The van der Waals surface area contributed by atoms with Gasteiger partial charge in [0.05, 0.1) is 5.92 Å². The first-order valence-electron chi connectivity index (χ1n) is 5.77. The second kappa shape index (κ2) is 6.51. The maximum absolute atomic E-state index is 11.5. The van der Waals surface area contributed by atoms with E-state index in [4.69, 9.17) is 5.11 Å². The van der Waals surface area contributed by atoms with Crippen molar-refractivity contribution in [2.75, 3.05) is 0 Å². The van der Waals surface area contributed by atoms with Crippen LogP contribution in [0, 0.1) is 17.8 Å². The Hall–Kier alpha value is -1.06. The number of carbonyl (C=O) groups excluding carboxylic acids is 1. The predicted octanol–water partition coefficient (Wildman–Crippen LogP) is 1.89. The smallest absolute Gasteiger partial charge is 0.307 e. The van der Waals surface area contributed by atoms with E-state index in [1.165, 1.54) is 0 Å². The summed E-state index contributed by atoms with van der Waals surface area (Å²) >= 11 is 0. The van der Waals surface area contributed by atoms with Gasteiger partial charge in [-0.2, -0.15) is 0 Å². The molecule has 0 aliphatic rings. The normalized spacial score (nSPS) is 14.9. The van der Waals surface area contributed by atoms with Crippen LogP contribution in [0.4, 0.5) is 0 Å². The highest BCUT2D eigenvalue weighted by Crippen LogP contribution is 2.23. The zero-order valence-corrected chi connectivity index (χ0v) is 10.8. The summed E-state index contributed by atoms with van der Waals surface area (Å²) in [6, 6.07) is 0.0521. The molecule has 0 aliphatic heterocycles. The van der Waals surface area contributed by atoms with E-state index in [1.807, 2.05) is 34.6 Å². The molecule has 1 amide bonds. The van der Waals surface area contributed by atoms with Crippen LogP contribution in [-0.4, -0.2) is 23.0 Å². The van der Waals surface area contributed by atoms with Gasteiger partial charge in [0.2, 0.25) is 5.91 Å². The largest absolute Gasteiger partial charge is 0.481 e. The maximum atomic E-state index is 11.5. The van der Waals surface area contributed by atoms with E-state index in [0.717, 1.165) is 0 Å². The first kappa shape index (κ1) is 14.9. The minimum atomic E-state index is -0.889. The Labute approximate surface area is 97.4 Å². The van der Waals surface area contributed by atoms with Gasteiger partial charge in [-0.25, -0.2) is 0 Å². The molecule has 0 radical (unpaired) electrons. The number of amides is 1. The van der Waals surface area contributed by atoms with Crippen LogP contribution in [0.5, 0.6) is 0 Å². The molecule has 0 aromatic carbocycles. The number of nitrogens with one attached hydrogen (secondary N) is 1. The Morgan fingerprint density at radius 3 is 1.94 bits per heavy atom. The van der Waals surface area contributed by atoms with E-state index >= 15 is 0 Å². The molecule has 94 valence electrons. The first-order valence-corrected chi connectivity index (χ1v) is 5.77. The summed E-state index contributed by atoms with van der Waals surface area (Å²) in [5.74, 6) is -1.42. The SMILES string of the molecule is CC(C)NC(=O)C[C@@H](C(=O)O)C(C)C(C)C. The van der Waals surface area contributed by atoms with Gasteiger partial charge in [0.25, 0.3) is 0 Å². The highest BCUT2D eigenvalue weighted by atomic mass is 16.4. The van der Waals surface area contributed by atoms with E-state index in [2.05, 4.69) is 5.32 Å². The lowest BCUT2D eigenvalue weighted by Crippen LogP contribution is -2.35. The molecule has 2 N–H and O–H groups in total. The molecule has 0 heterocycles. The fraction of sp³-hybridized carbons (Fsp3) is 0.833. The third-order valence-corrected chi connectivity index (χ3v) is 2.86. The number of carboxylic acids is 1. The molecule has 0 aromatic heterocycles. The summed E-state index contributed by atoms with van der Waals surface area (Å²) in [4.78, 5) is 22.6. The average molecular weight is 229 g/mol. The molecule has 2 atom stereocenters. The maximum Gasteiger partial charge on any atom is 0.307 e. The monoisotopic (exact) mass is 229 g/mol. The minimum Gasteiger partial charge on any atom is -0.481 e. The van der Waals surface area contributed by atoms with Crippen molar-refractivity contribution in [3.63, 3.8) is 0 Å². The Balaban J connectivity index is 4.46. The fourth-order valence-electron chi connectivity index (χ4n) is 1.54. The van der Waals surface area contributed by atoms with Gasteiger partial charge in [0, 0.05) is 12.5 Å². The predicted molar refractivity (Wildman–Crippen MR) is 63.0 cm³/mol. The Morgan fingerprint density at radius 2 is 1.62 bits per heavy atom. The molecule has 4 heteroatoms. The minimum absolute atomic E-state index is 0.00425. The van der Waals surface area contributed by atoms with Crippen molar-refractivity contribution in [1.82, 2.24) is 5.32 Å². The summed E-state index contributed by atoms with van der Waals surface area (Å²) in [6.45, 7) is 9.55. The Morgan fingerprint density at radius 1 is 1.12 bits per heavy atom. The first-order chi connectivity index (χ1) is 7.25. The topological polar surface area (TPSA) is 66.4 Å². The van der Waals surface area contributed by atoms with Gasteiger partial charge in [-0.15, -0.1) is 0 Å². The molecule has 0 spiro atoms. The number of carboxylic acid groups (broad SMARTS) is 1. The Kier molecular flexibility index (Phi) is 6.08. The van der Waals surface area contributed by atoms with Crippen LogP contribution in [0.15, 0.2) is 0 Å². The molecule has 0 saturated carbocycles. The van der Waals surface area contributed by atoms with Gasteiger partial charge in [-0.05, 0) is 25.7 Å². The highest BCUT2D eigenvalue weighted by Gasteiger charge is 2.29. The molecule has 0 aliphatic carbocycles. The second-order valence-corrected chi connectivity index (χ2v) is 4.97. The summed E-state index contributed by atoms with van der Waals surface area (Å²) in [5.41, 5.74) is 0. The molecule has 4 nitrogen and oxygen atoms in total. The van der Waals surface area contributed by atoms with Gasteiger partial charge in [0.15, 0.2) is 0 Å². The van der Waals surface area contributed by atoms with Crippen LogP contribution in [-0.2, 0) is 9.59 Å². The standard InChI is InChI=1S/C12H23NO3/c1-7(2)9(5)10(12(15)16)6-11(14)13-8(3)4/h7-10H,6H2,1-5H3,(H,13,14)(H,15,16)/t9?,10-/m1/s1. The van der Waals surface area contributed by atoms with Gasteiger partial charge in [-0.3, -0.25) is 9.59 Å². The van der Waals surface area contributed by atoms with Crippen molar-refractivity contribution in [2.24, 2.45) is 17.8 Å². The van der Waals surface area contributed by atoms with Crippen LogP contribution in [0.25, 0.3) is 0 Å². The average Bonchev–Trinajstić information content (AvgIpc) is 2.11. The van der Waals surface area contributed by atoms with Gasteiger partial charge in [0.1, 0.15) is 0 Å². The molecule has 0 aromatic rings. The van der Waals surface area contributed by atoms with Crippen molar-refractivity contribution in [2.45, 2.75) is 47.1 Å². The number of carbonyl (C=O) groups is 2. The van der Waals surface area contributed by atoms with Crippen molar-refractivity contribution >= 4 is 11.9 Å². The molecule has 1 unspecified atom stereocenters. The fourth-order valence-corrected chi connectivity index (χ4v) is 1.54. The van der Waals surface area contributed by atoms with Crippen molar-refractivity contribution < 1.29 is 14.7 Å². The van der Waals surface area contributed by atoms with Crippen LogP contribution >= 0.6 is 0 Å². The number of hydrogen-bond donors (Lipinski definition) is 2. The molecule has 0 saturated heterocycles.